The summed E-state index contributed by atoms with van der Waals surface area (Å²) >= 11 is 0. The van der Waals surface area contributed by atoms with Gasteiger partial charge in [0, 0.05) is 17.9 Å². The van der Waals surface area contributed by atoms with Gasteiger partial charge in [0.2, 0.25) is 0 Å². The first kappa shape index (κ1) is 15.1. The maximum atomic E-state index is 13.2. The fraction of sp³-hybridized carbons (Fsp3) is 0.100. The Balaban J connectivity index is 1.96. The zero-order chi connectivity index (χ0) is 16.1. The summed E-state index contributed by atoms with van der Waals surface area (Å²) in [6, 6.07) is 24.6. The molecule has 0 atom stereocenters. The summed E-state index contributed by atoms with van der Waals surface area (Å²) in [5, 5.41) is 0. The van der Waals surface area contributed by atoms with Crippen molar-refractivity contribution in [1.82, 2.24) is 0 Å². The lowest BCUT2D eigenvalue weighted by Crippen LogP contribution is -2.16. The van der Waals surface area contributed by atoms with Crippen molar-refractivity contribution in [2.45, 2.75) is 6.54 Å². The molecule has 0 spiro atoms. The van der Waals surface area contributed by atoms with Crippen LogP contribution in [0.15, 0.2) is 78.9 Å². The van der Waals surface area contributed by atoms with Gasteiger partial charge in [0.25, 0.3) is 0 Å². The van der Waals surface area contributed by atoms with Crippen molar-refractivity contribution in [2.24, 2.45) is 0 Å². The van der Waals surface area contributed by atoms with Crippen LogP contribution in [0.4, 0.5) is 15.8 Å². The first-order valence-corrected chi connectivity index (χ1v) is 7.47. The Bertz CT molecular complexity index is 739. The molecule has 0 saturated heterocycles. The molecule has 0 amide bonds. The molecule has 0 aliphatic heterocycles. The van der Waals surface area contributed by atoms with Gasteiger partial charge < -0.3 is 9.64 Å². The fourth-order valence-corrected chi connectivity index (χ4v) is 2.48. The Labute approximate surface area is 135 Å². The minimum Gasteiger partial charge on any atom is -0.497 e. The van der Waals surface area contributed by atoms with Gasteiger partial charge in [-0.2, -0.15) is 0 Å². The lowest BCUT2D eigenvalue weighted by atomic mass is 10.1. The number of anilines is 2. The highest BCUT2D eigenvalue weighted by atomic mass is 19.1. The smallest absolute Gasteiger partial charge is 0.123 e. The molecule has 3 aromatic rings. The summed E-state index contributed by atoms with van der Waals surface area (Å²) in [6.45, 7) is 0.707. The molecule has 0 N–H and O–H groups in total. The van der Waals surface area contributed by atoms with Gasteiger partial charge in [0.05, 0.1) is 7.11 Å². The molecule has 0 bridgehead atoms. The van der Waals surface area contributed by atoms with E-state index in [1.165, 1.54) is 17.7 Å². The van der Waals surface area contributed by atoms with Crippen LogP contribution in [0.2, 0.25) is 0 Å². The molecule has 0 aromatic heterocycles. The van der Waals surface area contributed by atoms with Crippen LogP contribution < -0.4 is 9.64 Å². The fourth-order valence-electron chi connectivity index (χ4n) is 2.48. The Morgan fingerprint density at radius 1 is 0.783 bits per heavy atom. The molecule has 2 nitrogen and oxygen atoms in total. The SMILES string of the molecule is COc1ccc(N(Cc2ccccc2)c2ccc(F)cc2)cc1. The molecule has 0 heterocycles. The van der Waals surface area contributed by atoms with E-state index in [2.05, 4.69) is 17.0 Å². The molecule has 23 heavy (non-hydrogen) atoms. The van der Waals surface area contributed by atoms with E-state index in [-0.39, 0.29) is 5.82 Å². The lowest BCUT2D eigenvalue weighted by molar-refractivity contribution is 0.415. The number of rotatable bonds is 5. The second kappa shape index (κ2) is 6.97. The Morgan fingerprint density at radius 2 is 1.35 bits per heavy atom. The van der Waals surface area contributed by atoms with Gasteiger partial charge >= 0.3 is 0 Å². The molecule has 0 aliphatic carbocycles. The van der Waals surface area contributed by atoms with Crippen molar-refractivity contribution in [1.29, 1.82) is 0 Å². The maximum Gasteiger partial charge on any atom is 0.123 e. The second-order valence-electron chi connectivity index (χ2n) is 5.25. The summed E-state index contributed by atoms with van der Waals surface area (Å²) in [4.78, 5) is 2.15. The van der Waals surface area contributed by atoms with Crippen molar-refractivity contribution in [3.05, 3.63) is 90.2 Å². The number of methoxy groups -OCH3 is 1. The Hall–Kier alpha value is -2.81. The van der Waals surface area contributed by atoms with Crippen LogP contribution in [0.3, 0.4) is 0 Å². The molecule has 3 rings (SSSR count). The lowest BCUT2D eigenvalue weighted by Gasteiger charge is -2.25. The quantitative estimate of drug-likeness (QED) is 0.644. The highest BCUT2D eigenvalue weighted by molar-refractivity contribution is 5.64. The molecule has 0 saturated carbocycles. The van der Waals surface area contributed by atoms with Crippen LogP contribution in [0.25, 0.3) is 0 Å². The van der Waals surface area contributed by atoms with E-state index in [9.17, 15) is 4.39 Å². The normalized spacial score (nSPS) is 10.3. The predicted octanol–water partition coefficient (Wildman–Crippen LogP) is 5.17. The highest BCUT2D eigenvalue weighted by Gasteiger charge is 2.10. The summed E-state index contributed by atoms with van der Waals surface area (Å²) in [7, 11) is 1.65. The van der Waals surface area contributed by atoms with Gasteiger partial charge in [-0.1, -0.05) is 30.3 Å². The van der Waals surface area contributed by atoms with E-state index in [0.29, 0.717) is 6.54 Å². The molecule has 0 unspecified atom stereocenters. The number of hydrogen-bond donors (Lipinski definition) is 0. The van der Waals surface area contributed by atoms with Gasteiger partial charge in [0.1, 0.15) is 11.6 Å². The van der Waals surface area contributed by atoms with Crippen molar-refractivity contribution >= 4 is 11.4 Å². The van der Waals surface area contributed by atoms with E-state index in [4.69, 9.17) is 4.74 Å². The van der Waals surface area contributed by atoms with E-state index < -0.39 is 0 Å². The van der Waals surface area contributed by atoms with E-state index in [1.807, 2.05) is 42.5 Å². The average molecular weight is 307 g/mol. The Morgan fingerprint density at radius 3 is 1.91 bits per heavy atom. The first-order valence-electron chi connectivity index (χ1n) is 7.47. The molecular formula is C20H18FNO. The van der Waals surface area contributed by atoms with Crippen LogP contribution in [0, 0.1) is 5.82 Å². The number of hydrogen-bond acceptors (Lipinski definition) is 2. The topological polar surface area (TPSA) is 12.5 Å². The summed E-state index contributed by atoms with van der Waals surface area (Å²) in [5.74, 6) is 0.579. The zero-order valence-corrected chi connectivity index (χ0v) is 12.9. The minimum atomic E-state index is -0.233. The second-order valence-corrected chi connectivity index (χ2v) is 5.25. The van der Waals surface area contributed by atoms with Crippen LogP contribution in [0.5, 0.6) is 5.75 Å². The van der Waals surface area contributed by atoms with Crippen LogP contribution in [-0.2, 0) is 6.54 Å². The van der Waals surface area contributed by atoms with Crippen LogP contribution in [0.1, 0.15) is 5.56 Å². The molecule has 0 fully saturated rings. The molecular weight excluding hydrogens is 289 g/mol. The van der Waals surface area contributed by atoms with Crippen molar-refractivity contribution in [3.8, 4) is 5.75 Å². The van der Waals surface area contributed by atoms with Gasteiger partial charge in [-0.25, -0.2) is 4.39 Å². The highest BCUT2D eigenvalue weighted by Crippen LogP contribution is 2.29. The van der Waals surface area contributed by atoms with Gasteiger partial charge in [-0.05, 0) is 54.1 Å². The first-order chi connectivity index (χ1) is 11.3. The third-order valence-electron chi connectivity index (χ3n) is 3.71. The van der Waals surface area contributed by atoms with Crippen molar-refractivity contribution in [3.63, 3.8) is 0 Å². The zero-order valence-electron chi connectivity index (χ0n) is 12.9. The summed E-state index contributed by atoms with van der Waals surface area (Å²) in [6.07, 6.45) is 0. The third kappa shape index (κ3) is 3.69. The number of nitrogens with zero attached hydrogens (tertiary/aromatic N) is 1. The van der Waals surface area contributed by atoms with Crippen molar-refractivity contribution in [2.75, 3.05) is 12.0 Å². The molecule has 3 aromatic carbocycles. The standard InChI is InChI=1S/C20H18FNO/c1-23-20-13-11-19(12-14-20)22(15-16-5-3-2-4-6-16)18-9-7-17(21)8-10-18/h2-14H,15H2,1H3. The molecule has 0 radical (unpaired) electrons. The van der Waals surface area contributed by atoms with E-state index >= 15 is 0 Å². The van der Waals surface area contributed by atoms with Crippen molar-refractivity contribution < 1.29 is 9.13 Å². The van der Waals surface area contributed by atoms with E-state index in [0.717, 1.165) is 17.1 Å². The summed E-state index contributed by atoms with van der Waals surface area (Å²) in [5.41, 5.74) is 3.16. The monoisotopic (exact) mass is 307 g/mol. The number of benzene rings is 3. The minimum absolute atomic E-state index is 0.233. The third-order valence-corrected chi connectivity index (χ3v) is 3.71. The molecule has 3 heteroatoms. The molecule has 0 aliphatic rings. The van der Waals surface area contributed by atoms with Gasteiger partial charge in [-0.15, -0.1) is 0 Å². The van der Waals surface area contributed by atoms with Crippen LogP contribution in [-0.4, -0.2) is 7.11 Å². The van der Waals surface area contributed by atoms with Crippen LogP contribution >= 0.6 is 0 Å². The average Bonchev–Trinajstić information content (AvgIpc) is 2.62. The molecule has 116 valence electrons. The summed E-state index contributed by atoms with van der Waals surface area (Å²) < 4.78 is 18.5. The Kier molecular flexibility index (Phi) is 4.57. The van der Waals surface area contributed by atoms with E-state index in [1.54, 1.807) is 19.2 Å². The number of ether oxygens (including phenoxy) is 1. The number of halogens is 1. The van der Waals surface area contributed by atoms with Gasteiger partial charge in [-0.3, -0.25) is 0 Å². The predicted molar refractivity (Wildman–Crippen MR) is 91.7 cm³/mol. The van der Waals surface area contributed by atoms with Gasteiger partial charge in [0.15, 0.2) is 0 Å². The largest absolute Gasteiger partial charge is 0.497 e. The maximum absolute atomic E-state index is 13.2.